The monoisotopic (exact) mass is 301 g/mol. The molecule has 0 spiro atoms. The molecule has 0 N–H and O–H groups in total. The van der Waals surface area contributed by atoms with Crippen LogP contribution in [0.15, 0.2) is 24.3 Å². The Balaban J connectivity index is 2.06. The van der Waals surface area contributed by atoms with E-state index in [1.54, 1.807) is 0 Å². The van der Waals surface area contributed by atoms with Crippen molar-refractivity contribution in [2.24, 2.45) is 5.92 Å². The standard InChI is InChI=1S/C21H35N/c1-17-8-7-14-22(15-13-17)16-21(5,6)19-11-9-18(10-12-19)20(2,3)4/h9-12,17H,7-8,13-16H2,1-6H3. The van der Waals surface area contributed by atoms with Crippen molar-refractivity contribution < 1.29 is 0 Å². The van der Waals surface area contributed by atoms with Crippen LogP contribution in [0.4, 0.5) is 0 Å². The summed E-state index contributed by atoms with van der Waals surface area (Å²) in [4.78, 5) is 2.68. The Bertz CT molecular complexity index is 464. The average Bonchev–Trinajstić information content (AvgIpc) is 2.62. The first-order valence-corrected chi connectivity index (χ1v) is 9.02. The molecule has 22 heavy (non-hydrogen) atoms. The molecule has 0 bridgehead atoms. The van der Waals surface area contributed by atoms with Crippen LogP contribution in [0.3, 0.4) is 0 Å². The smallest absolute Gasteiger partial charge is 0.00733 e. The zero-order valence-electron chi connectivity index (χ0n) is 15.6. The van der Waals surface area contributed by atoms with Gasteiger partial charge in [0.15, 0.2) is 0 Å². The topological polar surface area (TPSA) is 3.24 Å². The normalized spacial score (nSPS) is 21.6. The maximum absolute atomic E-state index is 2.68. The molecule has 0 aliphatic carbocycles. The summed E-state index contributed by atoms with van der Waals surface area (Å²) in [5, 5.41) is 0. The van der Waals surface area contributed by atoms with Crippen LogP contribution in [-0.4, -0.2) is 24.5 Å². The van der Waals surface area contributed by atoms with E-state index in [2.05, 4.69) is 70.7 Å². The minimum Gasteiger partial charge on any atom is -0.302 e. The predicted octanol–water partition coefficient (Wildman–Crippen LogP) is 5.38. The van der Waals surface area contributed by atoms with Crippen LogP contribution in [-0.2, 0) is 10.8 Å². The third-order valence-electron chi connectivity index (χ3n) is 5.26. The molecule has 1 nitrogen and oxygen atoms in total. The molecule has 1 unspecified atom stereocenters. The Kier molecular flexibility index (Phi) is 5.37. The fourth-order valence-corrected chi connectivity index (χ4v) is 3.55. The minimum atomic E-state index is 0.226. The van der Waals surface area contributed by atoms with Gasteiger partial charge in [0.2, 0.25) is 0 Å². The van der Waals surface area contributed by atoms with Gasteiger partial charge in [-0.2, -0.15) is 0 Å². The van der Waals surface area contributed by atoms with E-state index < -0.39 is 0 Å². The molecule has 1 saturated heterocycles. The molecule has 1 fully saturated rings. The number of rotatable bonds is 3. The van der Waals surface area contributed by atoms with Crippen molar-refractivity contribution in [2.75, 3.05) is 19.6 Å². The van der Waals surface area contributed by atoms with Crippen LogP contribution in [0.25, 0.3) is 0 Å². The summed E-state index contributed by atoms with van der Waals surface area (Å²) in [6, 6.07) is 9.34. The fourth-order valence-electron chi connectivity index (χ4n) is 3.55. The van der Waals surface area contributed by atoms with E-state index in [1.807, 2.05) is 0 Å². The van der Waals surface area contributed by atoms with E-state index >= 15 is 0 Å². The van der Waals surface area contributed by atoms with Gasteiger partial charge in [0.05, 0.1) is 0 Å². The molecule has 1 aromatic rings. The van der Waals surface area contributed by atoms with Crippen LogP contribution < -0.4 is 0 Å². The van der Waals surface area contributed by atoms with E-state index in [1.165, 1.54) is 50.0 Å². The molecule has 1 heteroatoms. The molecule has 1 atom stereocenters. The van der Waals surface area contributed by atoms with Crippen molar-refractivity contribution in [2.45, 2.75) is 71.6 Å². The Morgan fingerprint density at radius 2 is 1.50 bits per heavy atom. The van der Waals surface area contributed by atoms with Gasteiger partial charge in [-0.3, -0.25) is 0 Å². The first-order chi connectivity index (χ1) is 10.2. The number of nitrogens with zero attached hydrogens (tertiary/aromatic N) is 1. The lowest BCUT2D eigenvalue weighted by atomic mass is 9.81. The summed E-state index contributed by atoms with van der Waals surface area (Å²) < 4.78 is 0. The first kappa shape index (κ1) is 17.5. The number of hydrogen-bond acceptors (Lipinski definition) is 1. The van der Waals surface area contributed by atoms with Gasteiger partial charge in [-0.15, -0.1) is 0 Å². The highest BCUT2D eigenvalue weighted by atomic mass is 15.1. The van der Waals surface area contributed by atoms with Gasteiger partial charge in [-0.05, 0) is 54.8 Å². The molecular formula is C21H35N. The van der Waals surface area contributed by atoms with Gasteiger partial charge in [-0.1, -0.05) is 65.8 Å². The molecule has 0 saturated carbocycles. The molecular weight excluding hydrogens is 266 g/mol. The highest BCUT2D eigenvalue weighted by Gasteiger charge is 2.26. The Morgan fingerprint density at radius 1 is 0.909 bits per heavy atom. The SMILES string of the molecule is CC1CCCN(CC(C)(C)c2ccc(C(C)(C)C)cc2)CC1. The summed E-state index contributed by atoms with van der Waals surface area (Å²) >= 11 is 0. The zero-order chi connectivity index (χ0) is 16.4. The first-order valence-electron chi connectivity index (χ1n) is 9.02. The summed E-state index contributed by atoms with van der Waals surface area (Å²) in [6.07, 6.45) is 4.12. The third kappa shape index (κ3) is 4.59. The Labute approximate surface area is 138 Å². The maximum Gasteiger partial charge on any atom is 0.00733 e. The second-order valence-electron chi connectivity index (χ2n) is 9.02. The van der Waals surface area contributed by atoms with Crippen LogP contribution in [0, 0.1) is 5.92 Å². The van der Waals surface area contributed by atoms with Gasteiger partial charge in [0.1, 0.15) is 0 Å². The van der Waals surface area contributed by atoms with Crippen molar-refractivity contribution in [3.05, 3.63) is 35.4 Å². The molecule has 0 amide bonds. The summed E-state index contributed by atoms with van der Waals surface area (Å²) in [5.41, 5.74) is 3.36. The zero-order valence-corrected chi connectivity index (χ0v) is 15.6. The number of benzene rings is 1. The van der Waals surface area contributed by atoms with E-state index in [0.29, 0.717) is 0 Å². The second-order valence-corrected chi connectivity index (χ2v) is 9.02. The average molecular weight is 302 g/mol. The predicted molar refractivity (Wildman–Crippen MR) is 97.6 cm³/mol. The van der Waals surface area contributed by atoms with E-state index in [4.69, 9.17) is 0 Å². The third-order valence-corrected chi connectivity index (χ3v) is 5.26. The van der Waals surface area contributed by atoms with Gasteiger partial charge in [0, 0.05) is 12.0 Å². The van der Waals surface area contributed by atoms with Crippen LogP contribution in [0.1, 0.15) is 71.9 Å². The maximum atomic E-state index is 2.68. The molecule has 1 aliphatic rings. The Morgan fingerprint density at radius 3 is 2.09 bits per heavy atom. The Hall–Kier alpha value is -0.820. The van der Waals surface area contributed by atoms with E-state index in [-0.39, 0.29) is 10.8 Å². The highest BCUT2D eigenvalue weighted by Crippen LogP contribution is 2.29. The molecule has 124 valence electrons. The summed E-state index contributed by atoms with van der Waals surface area (Å²) in [7, 11) is 0. The molecule has 0 aromatic heterocycles. The highest BCUT2D eigenvalue weighted by molar-refractivity contribution is 5.31. The molecule has 2 rings (SSSR count). The number of hydrogen-bond donors (Lipinski definition) is 0. The fraction of sp³-hybridized carbons (Fsp3) is 0.714. The van der Waals surface area contributed by atoms with Crippen molar-refractivity contribution in [3.8, 4) is 0 Å². The second kappa shape index (κ2) is 6.74. The van der Waals surface area contributed by atoms with Crippen LogP contribution in [0.2, 0.25) is 0 Å². The van der Waals surface area contributed by atoms with Crippen molar-refractivity contribution in [3.63, 3.8) is 0 Å². The van der Waals surface area contributed by atoms with Crippen molar-refractivity contribution in [1.82, 2.24) is 4.90 Å². The largest absolute Gasteiger partial charge is 0.302 e. The summed E-state index contributed by atoms with van der Waals surface area (Å²) in [5.74, 6) is 0.902. The van der Waals surface area contributed by atoms with Crippen molar-refractivity contribution in [1.29, 1.82) is 0 Å². The molecule has 1 heterocycles. The lowest BCUT2D eigenvalue weighted by Crippen LogP contribution is -2.37. The van der Waals surface area contributed by atoms with Crippen LogP contribution >= 0.6 is 0 Å². The van der Waals surface area contributed by atoms with Gasteiger partial charge in [0.25, 0.3) is 0 Å². The van der Waals surface area contributed by atoms with E-state index in [0.717, 1.165) is 5.92 Å². The van der Waals surface area contributed by atoms with Gasteiger partial charge in [-0.25, -0.2) is 0 Å². The van der Waals surface area contributed by atoms with Crippen LogP contribution in [0.5, 0.6) is 0 Å². The lowest BCUT2D eigenvalue weighted by Gasteiger charge is -2.33. The lowest BCUT2D eigenvalue weighted by molar-refractivity contribution is 0.229. The molecule has 1 aromatic carbocycles. The van der Waals surface area contributed by atoms with Crippen molar-refractivity contribution >= 4 is 0 Å². The van der Waals surface area contributed by atoms with Gasteiger partial charge < -0.3 is 4.90 Å². The minimum absolute atomic E-state index is 0.226. The molecule has 1 aliphatic heterocycles. The van der Waals surface area contributed by atoms with Gasteiger partial charge >= 0.3 is 0 Å². The molecule has 0 radical (unpaired) electrons. The quantitative estimate of drug-likeness (QED) is 0.724. The summed E-state index contributed by atoms with van der Waals surface area (Å²) in [6.45, 7) is 17.8. The van der Waals surface area contributed by atoms with E-state index in [9.17, 15) is 0 Å². The number of likely N-dealkylation sites (tertiary alicyclic amines) is 1.